The maximum absolute atomic E-state index is 13.4. The molecule has 0 radical (unpaired) electrons. The van der Waals surface area contributed by atoms with E-state index in [0.717, 1.165) is 22.3 Å². The fraction of sp³-hybridized carbons (Fsp3) is 0.355. The van der Waals surface area contributed by atoms with Gasteiger partial charge in [0.1, 0.15) is 11.8 Å². The quantitative estimate of drug-likeness (QED) is 0.252. The van der Waals surface area contributed by atoms with Crippen molar-refractivity contribution in [3.8, 4) is 16.9 Å². The molecule has 0 bridgehead atoms. The van der Waals surface area contributed by atoms with Gasteiger partial charge >= 0.3 is 0 Å². The van der Waals surface area contributed by atoms with Gasteiger partial charge in [0.05, 0.1) is 7.11 Å². The van der Waals surface area contributed by atoms with Crippen LogP contribution in [0.5, 0.6) is 5.75 Å². The Hall–Kier alpha value is -3.41. The van der Waals surface area contributed by atoms with E-state index in [2.05, 4.69) is 10.6 Å². The summed E-state index contributed by atoms with van der Waals surface area (Å²) in [4.78, 5) is 37.0. The van der Waals surface area contributed by atoms with Crippen LogP contribution in [-0.4, -0.2) is 43.1 Å². The van der Waals surface area contributed by atoms with Crippen LogP contribution in [0.4, 0.5) is 0 Å². The Morgan fingerprint density at radius 2 is 1.46 bits per heavy atom. The van der Waals surface area contributed by atoms with Crippen molar-refractivity contribution in [2.24, 2.45) is 11.8 Å². The van der Waals surface area contributed by atoms with Crippen molar-refractivity contribution in [2.75, 3.05) is 20.3 Å². The number of hydrogen-bond donors (Lipinski definition) is 3. The van der Waals surface area contributed by atoms with Crippen LogP contribution in [0, 0.1) is 11.8 Å². The smallest absolute Gasteiger partial charge is 0.242 e. The van der Waals surface area contributed by atoms with Crippen LogP contribution in [0.15, 0.2) is 78.9 Å². The van der Waals surface area contributed by atoms with Crippen LogP contribution < -0.4 is 15.4 Å². The molecular formula is C31H39N2O5P. The van der Waals surface area contributed by atoms with Crippen LogP contribution in [-0.2, 0) is 26.7 Å². The molecule has 0 saturated heterocycles. The summed E-state index contributed by atoms with van der Waals surface area (Å²) >= 11 is 0. The van der Waals surface area contributed by atoms with E-state index >= 15 is 0 Å². The number of hydrogen-bond acceptors (Lipinski definition) is 4. The minimum atomic E-state index is -3.69. The van der Waals surface area contributed by atoms with Crippen LogP contribution >= 0.6 is 7.37 Å². The summed E-state index contributed by atoms with van der Waals surface area (Å²) in [6, 6.07) is 24.0. The Morgan fingerprint density at radius 1 is 0.872 bits per heavy atom. The maximum atomic E-state index is 13.4. The van der Waals surface area contributed by atoms with Crippen molar-refractivity contribution in [2.45, 2.75) is 38.9 Å². The normalized spacial score (nSPS) is 14.2. The largest absolute Gasteiger partial charge is 0.497 e. The standard InChI is InChI=1S/C31H39N2O5P/c1-22(2)18-27(30(34)33-29(31(35)32-3)19-23-12-16-28(38-4)17-13-23)21-39(36,37)20-24-10-14-26(15-11-24)25-8-6-5-7-9-25/h5-17,22,27,29H,18-21H2,1-4H3,(H,32,35)(H,33,34)(H,36,37)/t27?,29-/m1/s1. The van der Waals surface area contributed by atoms with E-state index in [4.69, 9.17) is 4.74 Å². The van der Waals surface area contributed by atoms with Gasteiger partial charge in [-0.25, -0.2) is 0 Å². The summed E-state index contributed by atoms with van der Waals surface area (Å²) < 4.78 is 18.5. The van der Waals surface area contributed by atoms with Crippen molar-refractivity contribution in [3.63, 3.8) is 0 Å². The van der Waals surface area contributed by atoms with Crippen LogP contribution in [0.1, 0.15) is 31.4 Å². The van der Waals surface area contributed by atoms with Gasteiger partial charge in [-0.1, -0.05) is 80.6 Å². The molecule has 0 aliphatic carbocycles. The lowest BCUT2D eigenvalue weighted by atomic mass is 9.97. The van der Waals surface area contributed by atoms with Gasteiger partial charge in [-0.05, 0) is 46.7 Å². The lowest BCUT2D eigenvalue weighted by Gasteiger charge is -2.25. The Kier molecular flexibility index (Phi) is 10.9. The molecule has 0 heterocycles. The summed E-state index contributed by atoms with van der Waals surface area (Å²) in [5.41, 5.74) is 3.70. The van der Waals surface area contributed by atoms with E-state index in [0.29, 0.717) is 12.2 Å². The van der Waals surface area contributed by atoms with Crippen molar-refractivity contribution in [1.82, 2.24) is 10.6 Å². The van der Waals surface area contributed by atoms with Gasteiger partial charge in [-0.15, -0.1) is 0 Å². The molecule has 0 fully saturated rings. The summed E-state index contributed by atoms with van der Waals surface area (Å²) in [5, 5.41) is 5.46. The highest BCUT2D eigenvalue weighted by atomic mass is 31.2. The predicted octanol–water partition coefficient (Wildman–Crippen LogP) is 5.27. The summed E-state index contributed by atoms with van der Waals surface area (Å²) in [7, 11) is -0.592. The highest BCUT2D eigenvalue weighted by Gasteiger charge is 2.32. The molecule has 0 aliphatic heterocycles. The fourth-order valence-electron chi connectivity index (χ4n) is 4.63. The minimum absolute atomic E-state index is 0.0192. The number of amides is 2. The molecule has 7 nitrogen and oxygen atoms in total. The van der Waals surface area contributed by atoms with E-state index < -0.39 is 19.3 Å². The van der Waals surface area contributed by atoms with E-state index in [9.17, 15) is 19.0 Å². The molecule has 3 rings (SSSR count). The number of benzene rings is 3. The number of nitrogens with one attached hydrogen (secondary N) is 2. The lowest BCUT2D eigenvalue weighted by molar-refractivity contribution is -0.130. The number of likely N-dealkylation sites (N-methyl/N-ethyl adjacent to an activating group) is 1. The van der Waals surface area contributed by atoms with Crippen LogP contribution in [0.3, 0.4) is 0 Å². The minimum Gasteiger partial charge on any atom is -0.497 e. The van der Waals surface area contributed by atoms with Gasteiger partial charge < -0.3 is 20.3 Å². The third kappa shape index (κ3) is 9.38. The summed E-state index contributed by atoms with van der Waals surface area (Å²) in [6.45, 7) is 3.94. The second-order valence-electron chi connectivity index (χ2n) is 10.3. The average molecular weight is 551 g/mol. The molecular weight excluding hydrogens is 511 g/mol. The number of methoxy groups -OCH3 is 1. The van der Waals surface area contributed by atoms with Crippen LogP contribution in [0.25, 0.3) is 11.1 Å². The Balaban J connectivity index is 1.71. The number of carbonyl (C=O) groups is 2. The molecule has 0 spiro atoms. The molecule has 3 aromatic carbocycles. The van der Waals surface area contributed by atoms with Gasteiger partial charge in [0.2, 0.25) is 19.2 Å². The monoisotopic (exact) mass is 550 g/mol. The Bertz CT molecular complexity index is 1260. The van der Waals surface area contributed by atoms with Crippen molar-refractivity contribution < 1.29 is 23.8 Å². The van der Waals surface area contributed by atoms with E-state index in [1.54, 1.807) is 19.2 Å². The van der Waals surface area contributed by atoms with Crippen molar-refractivity contribution in [1.29, 1.82) is 0 Å². The molecule has 8 heteroatoms. The molecule has 3 N–H and O–H groups in total. The van der Waals surface area contributed by atoms with Crippen molar-refractivity contribution in [3.05, 3.63) is 90.0 Å². The van der Waals surface area contributed by atoms with E-state index in [1.807, 2.05) is 80.6 Å². The lowest BCUT2D eigenvalue weighted by Crippen LogP contribution is -2.49. The molecule has 2 amide bonds. The Labute approximate surface area is 231 Å². The molecule has 0 aliphatic rings. The first-order valence-electron chi connectivity index (χ1n) is 13.2. The topological polar surface area (TPSA) is 105 Å². The predicted molar refractivity (Wildman–Crippen MR) is 156 cm³/mol. The average Bonchev–Trinajstić information content (AvgIpc) is 2.92. The molecule has 2 unspecified atom stereocenters. The summed E-state index contributed by atoms with van der Waals surface area (Å²) in [6.07, 6.45) is 0.551. The maximum Gasteiger partial charge on any atom is 0.242 e. The zero-order valence-corrected chi connectivity index (χ0v) is 24.0. The molecule has 208 valence electrons. The number of rotatable bonds is 13. The summed E-state index contributed by atoms with van der Waals surface area (Å²) in [5.74, 6) is -0.587. The zero-order chi connectivity index (χ0) is 28.4. The van der Waals surface area contributed by atoms with Gasteiger partial charge in [-0.3, -0.25) is 14.2 Å². The molecule has 0 saturated carbocycles. The number of carbonyl (C=O) groups excluding carboxylic acids is 2. The molecule has 3 atom stereocenters. The first-order valence-corrected chi connectivity index (χ1v) is 15.2. The Morgan fingerprint density at radius 3 is 2.03 bits per heavy atom. The second-order valence-corrected chi connectivity index (χ2v) is 12.7. The highest BCUT2D eigenvalue weighted by molar-refractivity contribution is 7.57. The van der Waals surface area contributed by atoms with Gasteiger partial charge in [-0.2, -0.15) is 0 Å². The molecule has 3 aromatic rings. The SMILES string of the molecule is CNC(=O)[C@@H](Cc1ccc(OC)cc1)NC(=O)C(CC(C)C)CP(=O)(O)Cc1ccc(-c2ccccc2)cc1. The third-order valence-corrected chi connectivity index (χ3v) is 8.47. The van der Waals surface area contributed by atoms with Gasteiger partial charge in [0.25, 0.3) is 0 Å². The van der Waals surface area contributed by atoms with E-state index in [1.165, 1.54) is 7.05 Å². The third-order valence-electron chi connectivity index (χ3n) is 6.60. The van der Waals surface area contributed by atoms with Crippen molar-refractivity contribution >= 4 is 19.2 Å². The second kappa shape index (κ2) is 14.1. The molecule has 39 heavy (non-hydrogen) atoms. The van der Waals surface area contributed by atoms with Gasteiger partial charge in [0.15, 0.2) is 0 Å². The first-order chi connectivity index (χ1) is 18.6. The van der Waals surface area contributed by atoms with Gasteiger partial charge in [0, 0.05) is 31.7 Å². The van der Waals surface area contributed by atoms with Crippen LogP contribution in [0.2, 0.25) is 0 Å². The zero-order valence-electron chi connectivity index (χ0n) is 23.1. The molecule has 0 aromatic heterocycles. The number of ether oxygens (including phenoxy) is 1. The van der Waals surface area contributed by atoms with E-state index in [-0.39, 0.29) is 36.5 Å². The highest BCUT2D eigenvalue weighted by Crippen LogP contribution is 2.47. The fourth-order valence-corrected chi connectivity index (χ4v) is 6.55. The first kappa shape index (κ1) is 30.1.